The lowest BCUT2D eigenvalue weighted by atomic mass is 9.92. The van der Waals surface area contributed by atoms with E-state index in [9.17, 15) is 4.79 Å². The van der Waals surface area contributed by atoms with Crippen LogP contribution in [0.25, 0.3) is 28.5 Å². The van der Waals surface area contributed by atoms with Gasteiger partial charge in [-0.3, -0.25) is 9.36 Å². The summed E-state index contributed by atoms with van der Waals surface area (Å²) in [6, 6.07) is 19.6. The molecule has 2 aromatic carbocycles. The zero-order chi connectivity index (χ0) is 22.3. The highest BCUT2D eigenvalue weighted by Gasteiger charge is 2.25. The van der Waals surface area contributed by atoms with Gasteiger partial charge in [-0.15, -0.1) is 10.2 Å². The molecule has 0 spiro atoms. The van der Waals surface area contributed by atoms with Gasteiger partial charge in [0.25, 0.3) is 0 Å². The summed E-state index contributed by atoms with van der Waals surface area (Å²) in [4.78, 5) is 16.8. The van der Waals surface area contributed by atoms with E-state index in [-0.39, 0.29) is 11.3 Å². The van der Waals surface area contributed by atoms with Crippen molar-refractivity contribution in [3.8, 4) is 28.5 Å². The first-order valence-corrected chi connectivity index (χ1v) is 10.6. The monoisotopic (exact) mass is 424 g/mol. The van der Waals surface area contributed by atoms with Crippen LogP contribution in [0, 0.1) is 5.41 Å². The molecule has 7 nitrogen and oxygen atoms in total. The van der Waals surface area contributed by atoms with Gasteiger partial charge in [-0.25, -0.2) is 4.98 Å². The van der Waals surface area contributed by atoms with Crippen LogP contribution in [0.2, 0.25) is 0 Å². The highest BCUT2D eigenvalue weighted by molar-refractivity contribution is 5.91. The average molecular weight is 425 g/mol. The van der Waals surface area contributed by atoms with Crippen molar-refractivity contribution in [1.29, 1.82) is 0 Å². The SMILES string of the molecule is CC(C)(C)CC(=O)Nc1ccc(-c2nnc3n2-c2cccnc2Nc2ccccc2-3)cc1. The quantitative estimate of drug-likeness (QED) is 0.403. The van der Waals surface area contributed by atoms with Gasteiger partial charge in [0.05, 0.1) is 11.4 Å². The van der Waals surface area contributed by atoms with Crippen molar-refractivity contribution < 1.29 is 4.79 Å². The summed E-state index contributed by atoms with van der Waals surface area (Å²) in [6.45, 7) is 6.14. The summed E-state index contributed by atoms with van der Waals surface area (Å²) in [6.07, 6.45) is 2.22. The maximum Gasteiger partial charge on any atom is 0.224 e. The number of nitrogens with one attached hydrogen (secondary N) is 2. The number of para-hydroxylation sites is 1. The van der Waals surface area contributed by atoms with Crippen LogP contribution in [0.15, 0.2) is 66.9 Å². The molecule has 2 N–H and O–H groups in total. The molecule has 0 bridgehead atoms. The summed E-state index contributed by atoms with van der Waals surface area (Å²) in [5.41, 5.74) is 4.35. The largest absolute Gasteiger partial charge is 0.338 e. The Hall–Kier alpha value is -4.00. The second kappa shape index (κ2) is 7.60. The van der Waals surface area contributed by atoms with Crippen molar-refractivity contribution in [2.75, 3.05) is 10.6 Å². The Balaban J connectivity index is 1.54. The first-order chi connectivity index (χ1) is 15.4. The van der Waals surface area contributed by atoms with E-state index in [0.29, 0.717) is 12.2 Å². The van der Waals surface area contributed by atoms with E-state index < -0.39 is 0 Å². The van der Waals surface area contributed by atoms with Crippen molar-refractivity contribution in [1.82, 2.24) is 19.7 Å². The minimum Gasteiger partial charge on any atom is -0.338 e. The molecule has 1 aliphatic heterocycles. The van der Waals surface area contributed by atoms with Crippen LogP contribution < -0.4 is 10.6 Å². The number of anilines is 3. The molecule has 5 rings (SSSR count). The van der Waals surface area contributed by atoms with Gasteiger partial charge >= 0.3 is 0 Å². The third-order valence-corrected chi connectivity index (χ3v) is 5.23. The minimum atomic E-state index is -0.0606. The van der Waals surface area contributed by atoms with E-state index in [4.69, 9.17) is 0 Å². The van der Waals surface area contributed by atoms with Gasteiger partial charge in [-0.05, 0) is 53.9 Å². The van der Waals surface area contributed by atoms with E-state index >= 15 is 0 Å². The van der Waals surface area contributed by atoms with Gasteiger partial charge in [-0.1, -0.05) is 32.9 Å². The second-order valence-corrected chi connectivity index (χ2v) is 9.09. The number of carbonyl (C=O) groups excluding carboxylic acids is 1. The maximum atomic E-state index is 12.3. The minimum absolute atomic E-state index is 0.00396. The summed E-state index contributed by atoms with van der Waals surface area (Å²) < 4.78 is 2.02. The van der Waals surface area contributed by atoms with Crippen molar-refractivity contribution in [3.05, 3.63) is 66.9 Å². The molecule has 0 atom stereocenters. The molecule has 7 heteroatoms. The zero-order valence-electron chi connectivity index (χ0n) is 18.3. The van der Waals surface area contributed by atoms with Crippen LogP contribution >= 0.6 is 0 Å². The molecule has 0 unspecified atom stereocenters. The van der Waals surface area contributed by atoms with E-state index in [1.165, 1.54) is 0 Å². The number of rotatable bonds is 3. The van der Waals surface area contributed by atoms with Gasteiger partial charge in [0.1, 0.15) is 0 Å². The van der Waals surface area contributed by atoms with Crippen LogP contribution in [-0.4, -0.2) is 25.7 Å². The molecule has 3 heterocycles. The Bertz CT molecular complexity index is 1300. The molecule has 0 saturated heterocycles. The van der Waals surface area contributed by atoms with Crippen molar-refractivity contribution >= 4 is 23.1 Å². The molecule has 1 aliphatic rings. The number of aromatic nitrogens is 4. The van der Waals surface area contributed by atoms with E-state index in [0.717, 1.165) is 39.8 Å². The molecule has 160 valence electrons. The van der Waals surface area contributed by atoms with Gasteiger partial charge in [0.2, 0.25) is 5.91 Å². The van der Waals surface area contributed by atoms with Gasteiger partial charge in [0.15, 0.2) is 17.5 Å². The van der Waals surface area contributed by atoms with Crippen LogP contribution in [0.4, 0.5) is 17.2 Å². The fraction of sp³-hybridized carbons (Fsp3) is 0.200. The Morgan fingerprint density at radius 3 is 2.50 bits per heavy atom. The van der Waals surface area contributed by atoms with Gasteiger partial charge in [0, 0.05) is 29.4 Å². The number of pyridine rings is 1. The number of hydrogen-bond acceptors (Lipinski definition) is 5. The molecule has 4 aromatic rings. The van der Waals surface area contributed by atoms with Crippen LogP contribution in [0.3, 0.4) is 0 Å². The molecule has 32 heavy (non-hydrogen) atoms. The number of fused-ring (bicyclic) bond motifs is 5. The maximum absolute atomic E-state index is 12.3. The molecule has 0 saturated carbocycles. The van der Waals surface area contributed by atoms with Crippen molar-refractivity contribution in [2.24, 2.45) is 5.41 Å². The molecule has 2 aromatic heterocycles. The lowest BCUT2D eigenvalue weighted by molar-refractivity contribution is -0.117. The molecule has 0 radical (unpaired) electrons. The van der Waals surface area contributed by atoms with Gasteiger partial charge < -0.3 is 10.6 Å². The summed E-state index contributed by atoms with van der Waals surface area (Å²) >= 11 is 0. The summed E-state index contributed by atoms with van der Waals surface area (Å²) in [7, 11) is 0. The lowest BCUT2D eigenvalue weighted by Gasteiger charge is -2.17. The van der Waals surface area contributed by atoms with Crippen LogP contribution in [0.1, 0.15) is 27.2 Å². The summed E-state index contributed by atoms with van der Waals surface area (Å²) in [5, 5.41) is 15.4. The average Bonchev–Trinajstić information content (AvgIpc) is 3.13. The van der Waals surface area contributed by atoms with E-state index in [1.807, 2.05) is 86.0 Å². The molecule has 0 aliphatic carbocycles. The highest BCUT2D eigenvalue weighted by Crippen LogP contribution is 2.39. The molecule has 0 fully saturated rings. The Morgan fingerprint density at radius 1 is 0.969 bits per heavy atom. The second-order valence-electron chi connectivity index (χ2n) is 9.09. The van der Waals surface area contributed by atoms with Crippen molar-refractivity contribution in [2.45, 2.75) is 27.2 Å². The Labute approximate surface area is 186 Å². The first kappa shape index (κ1) is 19.9. The Kier molecular flexibility index (Phi) is 4.74. The Morgan fingerprint density at radius 2 is 1.72 bits per heavy atom. The number of benzene rings is 2. The predicted molar refractivity (Wildman–Crippen MR) is 126 cm³/mol. The first-order valence-electron chi connectivity index (χ1n) is 10.6. The third kappa shape index (κ3) is 3.73. The van der Waals surface area contributed by atoms with Gasteiger partial charge in [-0.2, -0.15) is 0 Å². The molecular weight excluding hydrogens is 400 g/mol. The highest BCUT2D eigenvalue weighted by atomic mass is 16.1. The number of carbonyl (C=O) groups is 1. The predicted octanol–water partition coefficient (Wildman–Crippen LogP) is 5.43. The molecular formula is C25H24N6O. The number of nitrogens with zero attached hydrogens (tertiary/aromatic N) is 4. The number of hydrogen-bond donors (Lipinski definition) is 2. The smallest absolute Gasteiger partial charge is 0.224 e. The topological polar surface area (TPSA) is 84.7 Å². The lowest BCUT2D eigenvalue weighted by Crippen LogP contribution is -2.19. The third-order valence-electron chi connectivity index (χ3n) is 5.23. The fourth-order valence-corrected chi connectivity index (χ4v) is 3.85. The normalized spacial score (nSPS) is 12.1. The van der Waals surface area contributed by atoms with Crippen LogP contribution in [-0.2, 0) is 4.79 Å². The number of amides is 1. The van der Waals surface area contributed by atoms with Crippen molar-refractivity contribution in [3.63, 3.8) is 0 Å². The van der Waals surface area contributed by atoms with E-state index in [2.05, 4.69) is 25.8 Å². The summed E-state index contributed by atoms with van der Waals surface area (Å²) in [5.74, 6) is 2.20. The zero-order valence-corrected chi connectivity index (χ0v) is 18.3. The van der Waals surface area contributed by atoms with Crippen LogP contribution in [0.5, 0.6) is 0 Å². The fourth-order valence-electron chi connectivity index (χ4n) is 3.85. The standard InChI is InChI=1S/C25H24N6O/c1-25(2,3)15-21(32)27-17-12-10-16(11-13-17)23-29-30-24-18-7-4-5-8-19(18)28-22-20(31(23)24)9-6-14-26-22/h4-14H,15H2,1-3H3,(H,26,28)(H,27,32). The van der Waals surface area contributed by atoms with E-state index in [1.54, 1.807) is 6.20 Å². The molecule has 1 amide bonds.